The van der Waals surface area contributed by atoms with Crippen LogP contribution in [0.1, 0.15) is 40.0 Å². The van der Waals surface area contributed by atoms with E-state index in [2.05, 4.69) is 4.90 Å². The first-order valence-corrected chi connectivity index (χ1v) is 10.0. The third kappa shape index (κ3) is 3.78. The van der Waals surface area contributed by atoms with Gasteiger partial charge < -0.3 is 9.64 Å². The fourth-order valence-electron chi connectivity index (χ4n) is 4.23. The number of ether oxygens (including phenoxy) is 1. The Morgan fingerprint density at radius 1 is 0.857 bits per heavy atom. The first-order chi connectivity index (χ1) is 13.8. The standard InChI is InChI=1S/C24H25NO3/c26-23(18-8-3-1-4-9-18)20-12-7-13-21(22(20)25-14-16-28-17-15-25)24(27)19-10-5-2-6-11-19/h1-6,8-11,20H,7,12-17H2/t20-/m0/s1. The van der Waals surface area contributed by atoms with Gasteiger partial charge in [0.15, 0.2) is 11.6 Å². The van der Waals surface area contributed by atoms with Gasteiger partial charge in [-0.1, -0.05) is 60.7 Å². The van der Waals surface area contributed by atoms with E-state index < -0.39 is 0 Å². The van der Waals surface area contributed by atoms with Gasteiger partial charge in [0, 0.05) is 35.5 Å². The van der Waals surface area contributed by atoms with Gasteiger partial charge in [-0.25, -0.2) is 0 Å². The molecular formula is C24H25NO3. The fourth-order valence-corrected chi connectivity index (χ4v) is 4.23. The third-order valence-electron chi connectivity index (χ3n) is 5.60. The summed E-state index contributed by atoms with van der Waals surface area (Å²) in [7, 11) is 0. The normalized spacial score (nSPS) is 20.1. The zero-order valence-electron chi connectivity index (χ0n) is 16.0. The Balaban J connectivity index is 1.76. The van der Waals surface area contributed by atoms with Crippen molar-refractivity contribution in [3.05, 3.63) is 83.1 Å². The van der Waals surface area contributed by atoms with Crippen LogP contribution in [-0.4, -0.2) is 42.8 Å². The lowest BCUT2D eigenvalue weighted by Crippen LogP contribution is -2.42. The molecule has 0 bridgehead atoms. The first-order valence-electron chi connectivity index (χ1n) is 10.0. The predicted molar refractivity (Wildman–Crippen MR) is 108 cm³/mol. The molecule has 2 aromatic carbocycles. The number of nitrogens with zero attached hydrogens (tertiary/aromatic N) is 1. The van der Waals surface area contributed by atoms with Crippen molar-refractivity contribution in [1.82, 2.24) is 4.90 Å². The molecule has 0 N–H and O–H groups in total. The van der Waals surface area contributed by atoms with Crippen molar-refractivity contribution in [2.45, 2.75) is 19.3 Å². The van der Waals surface area contributed by atoms with Gasteiger partial charge in [-0.05, 0) is 19.3 Å². The molecule has 1 atom stereocenters. The zero-order chi connectivity index (χ0) is 19.3. The second-order valence-electron chi connectivity index (χ2n) is 7.33. The van der Waals surface area contributed by atoms with Crippen molar-refractivity contribution in [2.24, 2.45) is 5.92 Å². The Bertz CT molecular complexity index is 867. The van der Waals surface area contributed by atoms with Gasteiger partial charge in [0.1, 0.15) is 0 Å². The maximum Gasteiger partial charge on any atom is 0.190 e. The Labute approximate surface area is 165 Å². The summed E-state index contributed by atoms with van der Waals surface area (Å²) in [6, 6.07) is 18.8. The molecule has 0 unspecified atom stereocenters. The number of Topliss-reactive ketones (excluding diaryl/α,β-unsaturated/α-hetero) is 2. The van der Waals surface area contributed by atoms with Gasteiger partial charge in [0.25, 0.3) is 0 Å². The highest BCUT2D eigenvalue weighted by molar-refractivity contribution is 6.10. The van der Waals surface area contributed by atoms with Crippen LogP contribution in [0.2, 0.25) is 0 Å². The number of ketones is 2. The number of allylic oxidation sites excluding steroid dienone is 2. The van der Waals surface area contributed by atoms with Crippen molar-refractivity contribution in [2.75, 3.05) is 26.3 Å². The minimum absolute atomic E-state index is 0.0488. The predicted octanol–water partition coefficient (Wildman–Crippen LogP) is 4.14. The van der Waals surface area contributed by atoms with Crippen LogP contribution < -0.4 is 0 Å². The van der Waals surface area contributed by atoms with Crippen molar-refractivity contribution in [3.8, 4) is 0 Å². The summed E-state index contributed by atoms with van der Waals surface area (Å²) in [5.41, 5.74) is 3.13. The van der Waals surface area contributed by atoms with Crippen molar-refractivity contribution in [3.63, 3.8) is 0 Å². The Hall–Kier alpha value is -2.72. The summed E-state index contributed by atoms with van der Waals surface area (Å²) in [5, 5.41) is 0. The molecule has 144 valence electrons. The number of hydrogen-bond donors (Lipinski definition) is 0. The van der Waals surface area contributed by atoms with Gasteiger partial charge in [-0.15, -0.1) is 0 Å². The largest absolute Gasteiger partial charge is 0.378 e. The van der Waals surface area contributed by atoms with E-state index in [9.17, 15) is 9.59 Å². The minimum Gasteiger partial charge on any atom is -0.378 e. The quantitative estimate of drug-likeness (QED) is 0.737. The van der Waals surface area contributed by atoms with Crippen LogP contribution in [0.3, 0.4) is 0 Å². The SMILES string of the molecule is O=C(C1=C(N2CCOCC2)[C@@H](C(=O)c2ccccc2)CCC1)c1ccccc1. The number of hydrogen-bond acceptors (Lipinski definition) is 4. The van der Waals surface area contributed by atoms with Crippen LogP contribution in [0.15, 0.2) is 71.9 Å². The van der Waals surface area contributed by atoms with E-state index in [-0.39, 0.29) is 17.5 Å². The molecule has 1 fully saturated rings. The van der Waals surface area contributed by atoms with Crippen LogP contribution in [0, 0.1) is 5.92 Å². The van der Waals surface area contributed by atoms with Crippen LogP contribution in [0.25, 0.3) is 0 Å². The summed E-state index contributed by atoms with van der Waals surface area (Å²) >= 11 is 0. The van der Waals surface area contributed by atoms with E-state index >= 15 is 0 Å². The lowest BCUT2D eigenvalue weighted by molar-refractivity contribution is 0.0448. The Morgan fingerprint density at radius 3 is 2.11 bits per heavy atom. The van der Waals surface area contributed by atoms with Crippen LogP contribution in [0.5, 0.6) is 0 Å². The van der Waals surface area contributed by atoms with E-state index in [1.54, 1.807) is 0 Å². The summed E-state index contributed by atoms with van der Waals surface area (Å²) in [6.07, 6.45) is 2.36. The summed E-state index contributed by atoms with van der Waals surface area (Å²) < 4.78 is 5.52. The number of rotatable bonds is 5. The average Bonchev–Trinajstić information content (AvgIpc) is 2.79. The first kappa shape index (κ1) is 18.6. The highest BCUT2D eigenvalue weighted by Gasteiger charge is 2.35. The van der Waals surface area contributed by atoms with Gasteiger partial charge >= 0.3 is 0 Å². The molecule has 0 aromatic heterocycles. The molecule has 4 heteroatoms. The summed E-state index contributed by atoms with van der Waals surface area (Å²) in [6.45, 7) is 2.70. The number of benzene rings is 2. The van der Waals surface area contributed by atoms with E-state index in [1.807, 2.05) is 60.7 Å². The van der Waals surface area contributed by atoms with Crippen molar-refractivity contribution < 1.29 is 14.3 Å². The molecule has 4 nitrogen and oxygen atoms in total. The molecule has 0 amide bonds. The van der Waals surface area contributed by atoms with E-state index in [1.165, 1.54) is 0 Å². The number of carbonyl (C=O) groups is 2. The monoisotopic (exact) mass is 375 g/mol. The molecule has 0 spiro atoms. The molecule has 4 rings (SSSR count). The van der Waals surface area contributed by atoms with Crippen LogP contribution >= 0.6 is 0 Å². The topological polar surface area (TPSA) is 46.6 Å². The van der Waals surface area contributed by atoms with E-state index in [0.717, 1.165) is 43.6 Å². The van der Waals surface area contributed by atoms with Crippen LogP contribution in [-0.2, 0) is 4.74 Å². The maximum atomic E-state index is 13.4. The third-order valence-corrected chi connectivity index (χ3v) is 5.60. The molecule has 28 heavy (non-hydrogen) atoms. The molecule has 2 aliphatic rings. The molecular weight excluding hydrogens is 350 g/mol. The van der Waals surface area contributed by atoms with Gasteiger partial charge in [-0.2, -0.15) is 0 Å². The van der Waals surface area contributed by atoms with E-state index in [0.29, 0.717) is 24.3 Å². The van der Waals surface area contributed by atoms with Crippen molar-refractivity contribution in [1.29, 1.82) is 0 Å². The molecule has 0 saturated carbocycles. The molecule has 1 aliphatic heterocycles. The summed E-state index contributed by atoms with van der Waals surface area (Å²) in [4.78, 5) is 28.9. The minimum atomic E-state index is -0.267. The van der Waals surface area contributed by atoms with Crippen LogP contribution in [0.4, 0.5) is 0 Å². The molecule has 2 aromatic rings. The fraction of sp³-hybridized carbons (Fsp3) is 0.333. The number of morpholine rings is 1. The molecule has 1 aliphatic carbocycles. The van der Waals surface area contributed by atoms with Gasteiger partial charge in [0.05, 0.1) is 19.1 Å². The highest BCUT2D eigenvalue weighted by Crippen LogP contribution is 2.36. The Kier molecular flexibility index (Phi) is 5.68. The maximum absolute atomic E-state index is 13.4. The molecule has 1 heterocycles. The lowest BCUT2D eigenvalue weighted by Gasteiger charge is -2.38. The van der Waals surface area contributed by atoms with Gasteiger partial charge in [-0.3, -0.25) is 9.59 Å². The molecule has 1 saturated heterocycles. The smallest absolute Gasteiger partial charge is 0.190 e. The lowest BCUT2D eigenvalue weighted by atomic mass is 9.79. The van der Waals surface area contributed by atoms with Crippen molar-refractivity contribution >= 4 is 11.6 Å². The average molecular weight is 375 g/mol. The van der Waals surface area contributed by atoms with Gasteiger partial charge in [0.2, 0.25) is 0 Å². The van der Waals surface area contributed by atoms with E-state index in [4.69, 9.17) is 4.74 Å². The Morgan fingerprint density at radius 2 is 1.46 bits per heavy atom. The molecule has 0 radical (unpaired) electrons. The second kappa shape index (κ2) is 8.53. The highest BCUT2D eigenvalue weighted by atomic mass is 16.5. The number of carbonyl (C=O) groups excluding carboxylic acids is 2. The zero-order valence-corrected chi connectivity index (χ0v) is 16.0. The summed E-state index contributed by atoms with van der Waals surface area (Å²) in [5.74, 6) is -0.107. The second-order valence-corrected chi connectivity index (χ2v) is 7.33.